The van der Waals surface area contributed by atoms with Crippen LogP contribution in [-0.4, -0.2) is 55.1 Å². The van der Waals surface area contributed by atoms with Crippen molar-refractivity contribution in [1.29, 1.82) is 0 Å². The first-order chi connectivity index (χ1) is 23.9. The molecule has 0 saturated carbocycles. The maximum absolute atomic E-state index is 2.92. The van der Waals surface area contributed by atoms with E-state index < -0.39 is 55.1 Å². The molecule has 0 saturated heterocycles. The molecule has 0 N–H and O–H groups in total. The minimum atomic E-state index is -2.92. The summed E-state index contributed by atoms with van der Waals surface area (Å²) in [6.07, 6.45) is 28.7. The molecule has 0 aliphatic heterocycles. The molecule has 0 bridgehead atoms. The van der Waals surface area contributed by atoms with Crippen molar-refractivity contribution < 1.29 is 0 Å². The molecule has 2 rings (SSSR count). The van der Waals surface area contributed by atoms with E-state index in [0.717, 1.165) is 0 Å². The van der Waals surface area contributed by atoms with E-state index in [1.54, 1.807) is 35.5 Å². The first-order valence-electron chi connectivity index (χ1n) is 22.1. The average molecular weight is 1030 g/mol. The Morgan fingerprint density at radius 3 is 0.837 bits per heavy atom. The van der Waals surface area contributed by atoms with Gasteiger partial charge in [0, 0.05) is 0 Å². The Labute approximate surface area is 329 Å². The summed E-state index contributed by atoms with van der Waals surface area (Å²) >= 11 is -2.85. The molecular formula is C44H84S2Sn3. The second-order valence-electron chi connectivity index (χ2n) is 16.2. The molecule has 0 unspecified atom stereocenters. The molecule has 0 spiro atoms. The van der Waals surface area contributed by atoms with Crippen LogP contribution in [0.3, 0.4) is 0 Å². The van der Waals surface area contributed by atoms with Crippen molar-refractivity contribution in [3.05, 3.63) is 24.3 Å². The molecule has 284 valence electrons. The van der Waals surface area contributed by atoms with E-state index in [9.17, 15) is 0 Å². The molecule has 0 nitrogen and oxygen atoms in total. The quantitative estimate of drug-likeness (QED) is 0.0506. The van der Waals surface area contributed by atoms with Crippen LogP contribution in [0, 0.1) is 0 Å². The van der Waals surface area contributed by atoms with Crippen molar-refractivity contribution in [2.45, 2.75) is 219 Å². The second kappa shape index (κ2) is 27.4. The summed E-state index contributed by atoms with van der Waals surface area (Å²) in [4.78, 5) is 0. The Bertz CT molecular complexity index is 944. The Morgan fingerprint density at radius 1 is 0.306 bits per heavy atom. The first kappa shape index (κ1) is 46.9. The summed E-state index contributed by atoms with van der Waals surface area (Å²) in [5, 5.41) is 0. The van der Waals surface area contributed by atoms with Gasteiger partial charge in [-0.05, 0) is 0 Å². The van der Waals surface area contributed by atoms with E-state index in [0.29, 0.717) is 0 Å². The molecule has 5 heteroatoms. The number of rotatable bonds is 32. The topological polar surface area (TPSA) is 0 Å². The van der Waals surface area contributed by atoms with E-state index in [-0.39, 0.29) is 0 Å². The van der Waals surface area contributed by atoms with Crippen LogP contribution in [0.5, 0.6) is 0 Å². The Morgan fingerprint density at radius 2 is 0.571 bits per heavy atom. The molecule has 2 heterocycles. The molecule has 0 aliphatic carbocycles. The number of thiophene rings is 2. The fraction of sp³-hybridized carbons (Fsp3) is 0.818. The van der Waals surface area contributed by atoms with Crippen molar-refractivity contribution in [1.82, 2.24) is 0 Å². The van der Waals surface area contributed by atoms with E-state index in [4.69, 9.17) is 0 Å². The molecule has 0 atom stereocenters. The van der Waals surface area contributed by atoms with Gasteiger partial charge in [0.2, 0.25) is 0 Å². The number of hydrogen-bond donors (Lipinski definition) is 0. The zero-order valence-electron chi connectivity index (χ0n) is 34.4. The number of hydrogen-bond acceptors (Lipinski definition) is 2. The molecule has 0 aromatic carbocycles. The summed E-state index contributed by atoms with van der Waals surface area (Å²) in [6, 6.07) is 11.3. The van der Waals surface area contributed by atoms with Crippen LogP contribution in [0.2, 0.25) is 35.5 Å². The van der Waals surface area contributed by atoms with Crippen molar-refractivity contribution in [2.24, 2.45) is 0 Å². The minimum absolute atomic E-state index is 1.36. The van der Waals surface area contributed by atoms with Gasteiger partial charge >= 0.3 is 333 Å². The molecule has 0 radical (unpaired) electrons. The molecular weight excluding hydrogens is 949 g/mol. The summed E-state index contributed by atoms with van der Waals surface area (Å²) in [6.45, 7) is 19.5. The van der Waals surface area contributed by atoms with Gasteiger partial charge < -0.3 is 0 Å². The molecule has 2 aromatic heterocycles. The summed E-state index contributed by atoms with van der Waals surface area (Å²) in [5.41, 5.74) is 0. The fourth-order valence-electron chi connectivity index (χ4n) is 8.79. The average Bonchev–Trinajstić information content (AvgIpc) is 3.84. The predicted molar refractivity (Wildman–Crippen MR) is 241 cm³/mol. The molecule has 0 aliphatic rings. The van der Waals surface area contributed by atoms with Gasteiger partial charge in [-0.3, -0.25) is 0 Å². The van der Waals surface area contributed by atoms with E-state index >= 15 is 0 Å². The Hall–Kier alpha value is 1.80. The van der Waals surface area contributed by atoms with Gasteiger partial charge in [-0.1, -0.05) is 0 Å². The van der Waals surface area contributed by atoms with Crippen LogP contribution >= 0.6 is 22.7 Å². The van der Waals surface area contributed by atoms with Crippen molar-refractivity contribution in [2.75, 3.05) is 0 Å². The van der Waals surface area contributed by atoms with Gasteiger partial charge in [0.1, 0.15) is 0 Å². The van der Waals surface area contributed by atoms with Crippen LogP contribution in [0.4, 0.5) is 0 Å². The van der Waals surface area contributed by atoms with Gasteiger partial charge in [0.15, 0.2) is 0 Å². The van der Waals surface area contributed by atoms with Crippen LogP contribution in [-0.2, 0) is 0 Å². The van der Waals surface area contributed by atoms with Crippen molar-refractivity contribution >= 4 is 89.4 Å². The van der Waals surface area contributed by atoms with Crippen LogP contribution < -0.4 is 11.6 Å². The molecule has 2 aromatic rings. The van der Waals surface area contributed by atoms with E-state index in [2.05, 4.69) is 102 Å². The fourth-order valence-corrected chi connectivity index (χ4v) is 75.2. The Balaban J connectivity index is 2.80. The zero-order valence-corrected chi connectivity index (χ0v) is 44.6. The summed E-state index contributed by atoms with van der Waals surface area (Å²) < 4.78 is 20.9. The predicted octanol–water partition coefficient (Wildman–Crippen LogP) is 14.6. The van der Waals surface area contributed by atoms with Gasteiger partial charge in [-0.25, -0.2) is 0 Å². The third kappa shape index (κ3) is 14.8. The molecule has 49 heavy (non-hydrogen) atoms. The zero-order chi connectivity index (χ0) is 35.9. The normalized spacial score (nSPS) is 12.7. The van der Waals surface area contributed by atoms with Gasteiger partial charge in [-0.15, -0.1) is 0 Å². The summed E-state index contributed by atoms with van der Waals surface area (Å²) in [7, 11) is 0. The van der Waals surface area contributed by atoms with E-state index in [1.807, 2.05) is 11.6 Å². The summed E-state index contributed by atoms with van der Waals surface area (Å²) in [5.74, 6) is 0. The van der Waals surface area contributed by atoms with Gasteiger partial charge in [-0.2, -0.15) is 0 Å². The Kier molecular flexibility index (Phi) is 26.2. The molecule has 0 fully saturated rings. The third-order valence-electron chi connectivity index (χ3n) is 12.2. The second-order valence-corrected chi connectivity index (χ2v) is 60.9. The van der Waals surface area contributed by atoms with E-state index in [1.165, 1.54) is 128 Å². The maximum atomic E-state index is 2.84. The third-order valence-corrected chi connectivity index (χ3v) is 70.7. The van der Waals surface area contributed by atoms with Crippen molar-refractivity contribution in [3.63, 3.8) is 0 Å². The first-order valence-corrected chi connectivity index (χ1v) is 45.6. The van der Waals surface area contributed by atoms with Gasteiger partial charge in [0.25, 0.3) is 0 Å². The van der Waals surface area contributed by atoms with Crippen molar-refractivity contribution in [3.8, 4) is 0 Å². The van der Waals surface area contributed by atoms with Crippen LogP contribution in [0.25, 0.3) is 0 Å². The van der Waals surface area contributed by atoms with Crippen LogP contribution in [0.1, 0.15) is 184 Å². The molecule has 0 amide bonds. The SMILES string of the molecule is CCCCC[CH2][Sn]([CH2]CCCCC)([c]1cc[c]([Sn]([CH2]CCC)([CH2]CCC)[CH2]CCC)s1)[c]1cc[c]([Sn]([CH2]CCC)([CH2]CCC)[CH2]CCC)s1. The van der Waals surface area contributed by atoms with Crippen LogP contribution in [0.15, 0.2) is 24.3 Å². The number of unbranched alkanes of at least 4 members (excludes halogenated alkanes) is 12. The van der Waals surface area contributed by atoms with Gasteiger partial charge in [0.05, 0.1) is 0 Å². The standard InChI is InChI=1S/2C6H13.2C4H2S.6C4H9.3Sn/c2*1-3-5-6-4-2;2*1-2-4-5-3-1;6*1-3-4-2;;;/h2*1,3-6H2,2H3;2*1-2H;6*1,3-4H2,2H3;;;. The monoisotopic (exact) mass is 1040 g/mol.